The van der Waals surface area contributed by atoms with Crippen LogP contribution in [-0.4, -0.2) is 9.49 Å². The van der Waals surface area contributed by atoms with Gasteiger partial charge in [-0.05, 0) is 25.5 Å². The summed E-state index contributed by atoms with van der Waals surface area (Å²) in [6.45, 7) is 4.05. The first kappa shape index (κ1) is 15.0. The van der Waals surface area contributed by atoms with E-state index in [-0.39, 0.29) is 12.2 Å². The first-order valence-corrected chi connectivity index (χ1v) is 6.30. The lowest BCUT2D eigenvalue weighted by atomic mass is 10.2. The lowest BCUT2D eigenvalue weighted by molar-refractivity contribution is -0.384. The number of rotatable bonds is 4. The molecule has 0 saturated heterocycles. The van der Waals surface area contributed by atoms with E-state index in [0.29, 0.717) is 12.1 Å². The van der Waals surface area contributed by atoms with Gasteiger partial charge in [0.2, 0.25) is 0 Å². The molecule has 7 heteroatoms. The lowest BCUT2D eigenvalue weighted by Gasteiger charge is -2.09. The molecule has 0 radical (unpaired) electrons. The molecule has 21 heavy (non-hydrogen) atoms. The molecule has 1 heterocycles. The van der Waals surface area contributed by atoms with Crippen molar-refractivity contribution in [3.8, 4) is 0 Å². The molecular weight excluding hydrogens is 280 g/mol. The molecule has 1 N–H and O–H groups in total. The van der Waals surface area contributed by atoms with Crippen LogP contribution in [0.1, 0.15) is 17.0 Å². The van der Waals surface area contributed by atoms with Crippen LogP contribution in [0.25, 0.3) is 0 Å². The third kappa shape index (κ3) is 2.86. The van der Waals surface area contributed by atoms with Crippen molar-refractivity contribution in [1.29, 1.82) is 0 Å². The van der Waals surface area contributed by atoms with E-state index in [1.165, 1.54) is 0 Å². The van der Waals surface area contributed by atoms with Crippen LogP contribution in [0.4, 0.5) is 20.2 Å². The van der Waals surface area contributed by atoms with Crippen LogP contribution < -0.4 is 5.32 Å². The number of anilines is 1. The molecule has 1 aromatic heterocycles. The number of benzene rings is 1. The van der Waals surface area contributed by atoms with Gasteiger partial charge in [-0.1, -0.05) is 0 Å². The van der Waals surface area contributed by atoms with E-state index in [0.717, 1.165) is 17.0 Å². The van der Waals surface area contributed by atoms with Gasteiger partial charge in [-0.3, -0.25) is 10.1 Å². The SMILES string of the molecule is Cc1cc(CNc2c(F)cc(F)cc2[N+](=O)[O-])c(C)n1C. The highest BCUT2D eigenvalue weighted by Crippen LogP contribution is 2.29. The second-order valence-corrected chi connectivity index (χ2v) is 4.85. The standard InChI is InChI=1S/C14H15F2N3O2/c1-8-4-10(9(2)18(8)3)7-17-14-12(16)5-11(15)6-13(14)19(20)21/h4-6,17H,7H2,1-3H3. The first-order valence-electron chi connectivity index (χ1n) is 6.30. The van der Waals surface area contributed by atoms with E-state index in [1.54, 1.807) is 0 Å². The third-order valence-electron chi connectivity index (χ3n) is 3.57. The number of hydrogen-bond donors (Lipinski definition) is 1. The summed E-state index contributed by atoms with van der Waals surface area (Å²) in [4.78, 5) is 10.1. The molecule has 0 aliphatic heterocycles. The van der Waals surface area contributed by atoms with E-state index in [4.69, 9.17) is 0 Å². The molecule has 0 unspecified atom stereocenters. The fraction of sp³-hybridized carbons (Fsp3) is 0.286. The second kappa shape index (κ2) is 5.51. The number of hydrogen-bond acceptors (Lipinski definition) is 3. The minimum absolute atomic E-state index is 0.219. The predicted octanol–water partition coefficient (Wildman–Crippen LogP) is 3.44. The maximum Gasteiger partial charge on any atom is 0.298 e. The summed E-state index contributed by atoms with van der Waals surface area (Å²) in [5.74, 6) is -1.96. The lowest BCUT2D eigenvalue weighted by Crippen LogP contribution is -2.06. The van der Waals surface area contributed by atoms with Gasteiger partial charge in [0.1, 0.15) is 11.5 Å². The average molecular weight is 295 g/mol. The van der Waals surface area contributed by atoms with E-state index in [9.17, 15) is 18.9 Å². The van der Waals surface area contributed by atoms with Crippen molar-refractivity contribution in [1.82, 2.24) is 4.57 Å². The minimum Gasteiger partial charge on any atom is -0.373 e. The summed E-state index contributed by atoms with van der Waals surface area (Å²) in [5.41, 5.74) is 1.98. The topological polar surface area (TPSA) is 60.1 Å². The van der Waals surface area contributed by atoms with Crippen LogP contribution in [0.5, 0.6) is 0 Å². The monoisotopic (exact) mass is 295 g/mol. The zero-order valence-electron chi connectivity index (χ0n) is 11.9. The molecule has 0 aliphatic carbocycles. The molecule has 0 atom stereocenters. The van der Waals surface area contributed by atoms with Gasteiger partial charge in [0, 0.05) is 31.0 Å². The largest absolute Gasteiger partial charge is 0.373 e. The molecule has 0 saturated carbocycles. The second-order valence-electron chi connectivity index (χ2n) is 4.85. The molecule has 5 nitrogen and oxygen atoms in total. The van der Waals surface area contributed by atoms with Gasteiger partial charge in [-0.2, -0.15) is 0 Å². The van der Waals surface area contributed by atoms with Crippen molar-refractivity contribution in [2.24, 2.45) is 7.05 Å². The first-order chi connectivity index (χ1) is 9.81. The van der Waals surface area contributed by atoms with Crippen molar-refractivity contribution in [2.75, 3.05) is 5.32 Å². The Morgan fingerprint density at radius 2 is 1.95 bits per heavy atom. The quantitative estimate of drug-likeness (QED) is 0.694. The van der Waals surface area contributed by atoms with Crippen molar-refractivity contribution in [2.45, 2.75) is 20.4 Å². The van der Waals surface area contributed by atoms with Crippen LogP contribution in [0.3, 0.4) is 0 Å². The normalized spacial score (nSPS) is 10.7. The van der Waals surface area contributed by atoms with Crippen LogP contribution >= 0.6 is 0 Å². The summed E-state index contributed by atoms with van der Waals surface area (Å²) < 4.78 is 28.8. The summed E-state index contributed by atoms with van der Waals surface area (Å²) in [6.07, 6.45) is 0. The number of nitrogens with one attached hydrogen (secondary N) is 1. The molecule has 0 spiro atoms. The van der Waals surface area contributed by atoms with Gasteiger partial charge in [0.25, 0.3) is 5.69 Å². The van der Waals surface area contributed by atoms with Crippen molar-refractivity contribution in [3.63, 3.8) is 0 Å². The van der Waals surface area contributed by atoms with Crippen LogP contribution in [0.2, 0.25) is 0 Å². The summed E-state index contributed by atoms with van der Waals surface area (Å²) in [6, 6.07) is 3.24. The highest BCUT2D eigenvalue weighted by Gasteiger charge is 2.20. The molecule has 2 aromatic rings. The van der Waals surface area contributed by atoms with Gasteiger partial charge in [-0.15, -0.1) is 0 Å². The van der Waals surface area contributed by atoms with E-state index < -0.39 is 22.2 Å². The van der Waals surface area contributed by atoms with Gasteiger partial charge in [0.15, 0.2) is 5.82 Å². The van der Waals surface area contributed by atoms with Crippen LogP contribution in [0, 0.1) is 35.6 Å². The average Bonchev–Trinajstić information content (AvgIpc) is 2.64. The number of aryl methyl sites for hydroxylation is 1. The van der Waals surface area contributed by atoms with Gasteiger partial charge in [-0.25, -0.2) is 8.78 Å². The molecule has 1 aromatic carbocycles. The Morgan fingerprint density at radius 1 is 1.29 bits per heavy atom. The van der Waals surface area contributed by atoms with Gasteiger partial charge in [0.05, 0.1) is 11.0 Å². The number of nitro benzene ring substituents is 1. The fourth-order valence-corrected chi connectivity index (χ4v) is 2.17. The Hall–Kier alpha value is -2.44. The zero-order chi connectivity index (χ0) is 15.7. The van der Waals surface area contributed by atoms with Crippen molar-refractivity contribution in [3.05, 3.63) is 56.9 Å². The maximum atomic E-state index is 13.7. The molecule has 112 valence electrons. The summed E-state index contributed by atoms with van der Waals surface area (Å²) in [5, 5.41) is 13.6. The van der Waals surface area contributed by atoms with Gasteiger partial charge >= 0.3 is 0 Å². The van der Waals surface area contributed by atoms with Crippen molar-refractivity contribution < 1.29 is 13.7 Å². The summed E-state index contributed by atoms with van der Waals surface area (Å²) in [7, 11) is 1.90. The third-order valence-corrected chi connectivity index (χ3v) is 3.57. The van der Waals surface area contributed by atoms with Crippen LogP contribution in [-0.2, 0) is 13.6 Å². The van der Waals surface area contributed by atoms with Crippen LogP contribution in [0.15, 0.2) is 18.2 Å². The summed E-state index contributed by atoms with van der Waals surface area (Å²) >= 11 is 0. The molecule has 0 amide bonds. The van der Waals surface area contributed by atoms with E-state index in [1.807, 2.05) is 31.5 Å². The smallest absolute Gasteiger partial charge is 0.298 e. The molecule has 2 rings (SSSR count). The Balaban J connectivity index is 2.31. The number of nitro groups is 1. The predicted molar refractivity (Wildman–Crippen MR) is 75.2 cm³/mol. The van der Waals surface area contributed by atoms with Gasteiger partial charge < -0.3 is 9.88 Å². The van der Waals surface area contributed by atoms with Crippen molar-refractivity contribution >= 4 is 11.4 Å². The molecule has 0 bridgehead atoms. The minimum atomic E-state index is -0.980. The number of aromatic nitrogens is 1. The number of halogens is 2. The Labute approximate surface area is 120 Å². The maximum absolute atomic E-state index is 13.7. The fourth-order valence-electron chi connectivity index (χ4n) is 2.17. The number of nitrogens with zero attached hydrogens (tertiary/aromatic N) is 2. The zero-order valence-corrected chi connectivity index (χ0v) is 11.9. The highest BCUT2D eigenvalue weighted by molar-refractivity contribution is 5.62. The molecular formula is C14H15F2N3O2. The highest BCUT2D eigenvalue weighted by atomic mass is 19.1. The molecule has 0 aliphatic rings. The Kier molecular flexibility index (Phi) is 3.93. The Bertz CT molecular complexity index is 711. The van der Waals surface area contributed by atoms with E-state index in [2.05, 4.69) is 5.32 Å². The van der Waals surface area contributed by atoms with E-state index >= 15 is 0 Å². The Morgan fingerprint density at radius 3 is 2.48 bits per heavy atom. The molecule has 0 fully saturated rings.